The van der Waals surface area contributed by atoms with Crippen LogP contribution in [0.3, 0.4) is 0 Å². The molecule has 0 spiro atoms. The molecule has 0 radical (unpaired) electrons. The predicted molar refractivity (Wildman–Crippen MR) is 77.2 cm³/mol. The van der Waals surface area contributed by atoms with Gasteiger partial charge < -0.3 is 14.6 Å². The number of likely N-dealkylation sites (N-methyl/N-ethyl adjacent to an activating group) is 1. The first kappa shape index (κ1) is 13.6. The van der Waals surface area contributed by atoms with Crippen molar-refractivity contribution in [3.63, 3.8) is 0 Å². The van der Waals surface area contributed by atoms with Gasteiger partial charge in [-0.2, -0.15) is 0 Å². The van der Waals surface area contributed by atoms with Gasteiger partial charge in [0.1, 0.15) is 5.75 Å². The maximum atomic E-state index is 12.3. The number of carbonyl (C=O) groups excluding carboxylic acids is 1. The summed E-state index contributed by atoms with van der Waals surface area (Å²) in [5.41, 5.74) is 3.99. The Kier molecular flexibility index (Phi) is 3.62. The molecule has 4 heteroatoms. The summed E-state index contributed by atoms with van der Waals surface area (Å²) in [5, 5.41) is 3.89. The van der Waals surface area contributed by atoms with Crippen molar-refractivity contribution in [2.45, 2.75) is 13.8 Å². The first-order valence-corrected chi connectivity index (χ1v) is 6.32. The number of nitrogens with one attached hydrogen (secondary N) is 1. The number of hydrogen-bond donors (Lipinski definition) is 1. The van der Waals surface area contributed by atoms with Gasteiger partial charge in [0.05, 0.1) is 19.2 Å². The summed E-state index contributed by atoms with van der Waals surface area (Å²) in [7, 11) is 5.42. The molecule has 19 heavy (non-hydrogen) atoms. The minimum Gasteiger partial charge on any atom is -0.497 e. The van der Waals surface area contributed by atoms with E-state index in [-0.39, 0.29) is 5.78 Å². The van der Waals surface area contributed by atoms with Gasteiger partial charge in [-0.3, -0.25) is 4.79 Å². The lowest BCUT2D eigenvalue weighted by molar-refractivity contribution is 0.0994. The third-order valence-corrected chi connectivity index (χ3v) is 3.60. The van der Waals surface area contributed by atoms with E-state index < -0.39 is 0 Å². The Morgan fingerprint density at radius 1 is 1.37 bits per heavy atom. The molecular formula is C15H20N2O2. The van der Waals surface area contributed by atoms with Crippen LogP contribution < -0.4 is 10.1 Å². The molecule has 1 aromatic carbocycles. The van der Waals surface area contributed by atoms with Gasteiger partial charge in [-0.25, -0.2) is 0 Å². The molecule has 2 rings (SSSR count). The zero-order valence-electron chi connectivity index (χ0n) is 12.1. The number of Topliss-reactive ketones (excluding diaryl/α,β-unsaturated/α-hetero) is 1. The van der Waals surface area contributed by atoms with Crippen LogP contribution in [0.2, 0.25) is 0 Å². The summed E-state index contributed by atoms with van der Waals surface area (Å²) in [6.07, 6.45) is 0. The first-order valence-electron chi connectivity index (χ1n) is 6.32. The number of rotatable bonds is 4. The highest BCUT2D eigenvalue weighted by Crippen LogP contribution is 2.31. The van der Waals surface area contributed by atoms with E-state index in [0.29, 0.717) is 6.54 Å². The van der Waals surface area contributed by atoms with Crippen LogP contribution in [0, 0.1) is 13.8 Å². The summed E-state index contributed by atoms with van der Waals surface area (Å²) >= 11 is 0. The lowest BCUT2D eigenvalue weighted by atomic mass is 10.0. The number of aromatic nitrogens is 1. The van der Waals surface area contributed by atoms with Gasteiger partial charge in [0.15, 0.2) is 5.78 Å². The Morgan fingerprint density at radius 2 is 2.05 bits per heavy atom. The molecule has 102 valence electrons. The molecule has 1 aromatic heterocycles. The smallest absolute Gasteiger partial charge is 0.179 e. The van der Waals surface area contributed by atoms with E-state index in [9.17, 15) is 4.79 Å². The van der Waals surface area contributed by atoms with Gasteiger partial charge in [-0.1, -0.05) is 0 Å². The van der Waals surface area contributed by atoms with Crippen molar-refractivity contribution in [2.75, 3.05) is 20.7 Å². The fourth-order valence-corrected chi connectivity index (χ4v) is 2.63. The SMILES string of the molecule is CNCC(=O)c1c(C)n(C)c2c(C)cc(OC)cc12. The fraction of sp³-hybridized carbons (Fsp3) is 0.400. The number of hydrogen-bond acceptors (Lipinski definition) is 3. The molecule has 0 bridgehead atoms. The van der Waals surface area contributed by atoms with Crippen molar-refractivity contribution >= 4 is 16.7 Å². The molecule has 0 atom stereocenters. The van der Waals surface area contributed by atoms with Crippen LogP contribution in [0.4, 0.5) is 0 Å². The molecular weight excluding hydrogens is 240 g/mol. The number of ether oxygens (including phenoxy) is 1. The topological polar surface area (TPSA) is 43.3 Å². The third-order valence-electron chi connectivity index (χ3n) is 3.60. The van der Waals surface area contributed by atoms with E-state index in [1.54, 1.807) is 14.2 Å². The number of ketones is 1. The Labute approximate surface area is 113 Å². The largest absolute Gasteiger partial charge is 0.497 e. The molecule has 0 fully saturated rings. The number of nitrogens with zero attached hydrogens (tertiary/aromatic N) is 1. The fourth-order valence-electron chi connectivity index (χ4n) is 2.63. The number of fused-ring (bicyclic) bond motifs is 1. The zero-order chi connectivity index (χ0) is 14.2. The maximum absolute atomic E-state index is 12.3. The lowest BCUT2D eigenvalue weighted by Crippen LogP contribution is -2.19. The molecule has 0 aliphatic rings. The molecule has 4 nitrogen and oxygen atoms in total. The molecule has 2 aromatic rings. The molecule has 0 unspecified atom stereocenters. The van der Waals surface area contributed by atoms with Crippen LogP contribution in [-0.2, 0) is 7.05 Å². The van der Waals surface area contributed by atoms with Gasteiger partial charge in [0.2, 0.25) is 0 Å². The summed E-state index contributed by atoms with van der Waals surface area (Å²) in [4.78, 5) is 12.3. The van der Waals surface area contributed by atoms with Crippen molar-refractivity contribution in [2.24, 2.45) is 7.05 Å². The van der Waals surface area contributed by atoms with Crippen molar-refractivity contribution in [3.05, 3.63) is 29.0 Å². The van der Waals surface area contributed by atoms with Gasteiger partial charge >= 0.3 is 0 Å². The van der Waals surface area contributed by atoms with Crippen LogP contribution in [0.5, 0.6) is 5.75 Å². The summed E-state index contributed by atoms with van der Waals surface area (Å²) in [6.45, 7) is 4.36. The van der Waals surface area contributed by atoms with Crippen LogP contribution in [-0.4, -0.2) is 31.1 Å². The normalized spacial score (nSPS) is 11.0. The van der Waals surface area contributed by atoms with Crippen LogP contribution in [0.1, 0.15) is 21.6 Å². The molecule has 1 N–H and O–H groups in total. The molecule has 0 aliphatic carbocycles. The van der Waals surface area contributed by atoms with E-state index in [1.165, 1.54) is 0 Å². The van der Waals surface area contributed by atoms with E-state index in [2.05, 4.69) is 9.88 Å². The quantitative estimate of drug-likeness (QED) is 0.857. The maximum Gasteiger partial charge on any atom is 0.179 e. The predicted octanol–water partition coefficient (Wildman–Crippen LogP) is 2.21. The van der Waals surface area contributed by atoms with Crippen LogP contribution in [0.25, 0.3) is 10.9 Å². The summed E-state index contributed by atoms with van der Waals surface area (Å²) < 4.78 is 7.39. The Balaban J connectivity index is 2.79. The molecule has 1 heterocycles. The number of aryl methyl sites for hydroxylation is 2. The summed E-state index contributed by atoms with van der Waals surface area (Å²) in [5.74, 6) is 0.896. The summed E-state index contributed by atoms with van der Waals surface area (Å²) in [6, 6.07) is 3.94. The van der Waals surface area contributed by atoms with Crippen molar-refractivity contribution < 1.29 is 9.53 Å². The van der Waals surface area contributed by atoms with Crippen molar-refractivity contribution in [1.82, 2.24) is 9.88 Å². The van der Waals surface area contributed by atoms with Gasteiger partial charge in [-0.15, -0.1) is 0 Å². The number of methoxy groups -OCH3 is 1. The second-order valence-corrected chi connectivity index (χ2v) is 4.81. The highest BCUT2D eigenvalue weighted by atomic mass is 16.5. The standard InChI is InChI=1S/C15H20N2O2/c1-9-6-11(19-5)7-12-14(13(18)8-16-3)10(2)17(4)15(9)12/h6-7,16H,8H2,1-5H3. The van der Waals surface area contributed by atoms with E-state index in [1.807, 2.05) is 33.0 Å². The van der Waals surface area contributed by atoms with E-state index in [0.717, 1.165) is 33.5 Å². The Bertz CT molecular complexity index is 641. The Morgan fingerprint density at radius 3 is 2.63 bits per heavy atom. The van der Waals surface area contributed by atoms with Crippen molar-refractivity contribution in [1.29, 1.82) is 0 Å². The van der Waals surface area contributed by atoms with Crippen LogP contribution in [0.15, 0.2) is 12.1 Å². The zero-order valence-corrected chi connectivity index (χ0v) is 12.1. The second kappa shape index (κ2) is 5.05. The Hall–Kier alpha value is -1.81. The van der Waals surface area contributed by atoms with Gasteiger partial charge in [-0.05, 0) is 38.6 Å². The first-order chi connectivity index (χ1) is 9.01. The highest BCUT2D eigenvalue weighted by molar-refractivity contribution is 6.11. The van der Waals surface area contributed by atoms with Gasteiger partial charge in [0, 0.05) is 23.7 Å². The van der Waals surface area contributed by atoms with Gasteiger partial charge in [0.25, 0.3) is 0 Å². The third kappa shape index (κ3) is 2.12. The number of benzene rings is 1. The lowest BCUT2D eigenvalue weighted by Gasteiger charge is -2.05. The molecule has 0 amide bonds. The van der Waals surface area contributed by atoms with E-state index in [4.69, 9.17) is 4.74 Å². The van der Waals surface area contributed by atoms with Crippen molar-refractivity contribution in [3.8, 4) is 5.75 Å². The highest BCUT2D eigenvalue weighted by Gasteiger charge is 2.19. The minimum atomic E-state index is 0.109. The average molecular weight is 260 g/mol. The number of carbonyl (C=O) groups is 1. The molecule has 0 aliphatic heterocycles. The van der Waals surface area contributed by atoms with E-state index >= 15 is 0 Å². The van der Waals surface area contributed by atoms with Crippen LogP contribution >= 0.6 is 0 Å². The molecule has 0 saturated heterocycles. The molecule has 0 saturated carbocycles. The average Bonchev–Trinajstić information content (AvgIpc) is 2.62. The monoisotopic (exact) mass is 260 g/mol. The second-order valence-electron chi connectivity index (χ2n) is 4.81. The minimum absolute atomic E-state index is 0.109.